The fraction of sp³-hybridized carbons (Fsp3) is 1.00. The number of hydrogen-bond donors (Lipinski definition) is 0. The molecule has 0 saturated heterocycles. The Morgan fingerprint density at radius 3 is 0.692 bits per heavy atom. The van der Waals surface area contributed by atoms with E-state index in [0.717, 1.165) is 37.5 Å². The van der Waals surface area contributed by atoms with Crippen LogP contribution in [0, 0.1) is 52.7 Å². The summed E-state index contributed by atoms with van der Waals surface area (Å²) in [6.07, 6.45) is 9.73. The van der Waals surface area contributed by atoms with Crippen LogP contribution >= 0.6 is 0 Å². The molecule has 0 nitrogen and oxygen atoms in total. The van der Waals surface area contributed by atoms with Gasteiger partial charge in [0.1, 0.15) is 0 Å². The maximum absolute atomic E-state index is 11.5. The van der Waals surface area contributed by atoms with E-state index in [1.54, 1.807) is 48.5 Å². The van der Waals surface area contributed by atoms with Crippen LogP contribution in [0.2, 0.25) is 0 Å². The van der Waals surface area contributed by atoms with Crippen molar-refractivity contribution in [3.05, 3.63) is 0 Å². The van der Waals surface area contributed by atoms with Crippen molar-refractivity contribution in [2.45, 2.75) is 425 Å². The molecule has 0 aromatic carbocycles. The number of alkyl halides is 6. The highest BCUT2D eigenvalue weighted by Gasteiger charge is 2.29. The third-order valence-electron chi connectivity index (χ3n) is 9.42. The van der Waals surface area contributed by atoms with Gasteiger partial charge in [-0.25, -0.2) is 0 Å². The first kappa shape index (κ1) is 94.0. The fourth-order valence-electron chi connectivity index (χ4n) is 3.57. The van der Waals surface area contributed by atoms with Crippen LogP contribution in [0.5, 0.6) is 0 Å². The van der Waals surface area contributed by atoms with E-state index in [1.165, 1.54) is 77.0 Å². The van der Waals surface area contributed by atoms with Gasteiger partial charge in [-0.3, -0.25) is 0 Å². The van der Waals surface area contributed by atoms with Gasteiger partial charge in [-0.05, 0) is 52.7 Å². The first-order chi connectivity index (χ1) is 36.3. The maximum Gasteiger partial charge on any atom is 0.389 e. The molecule has 0 amide bonds. The molecule has 0 bridgehead atoms. The predicted molar refractivity (Wildman–Crippen MR) is 368 cm³/mol. The smallest absolute Gasteiger partial charge is 0.171 e. The van der Waals surface area contributed by atoms with Crippen molar-refractivity contribution in [2.24, 2.45) is 52.7 Å². The highest BCUT2D eigenvalue weighted by atomic mass is 19.4. The van der Waals surface area contributed by atoms with Gasteiger partial charge >= 0.3 is 12.4 Å². The average Bonchev–Trinajstić information content (AvgIpc) is 3.69. The van der Waals surface area contributed by atoms with Gasteiger partial charge in [0.2, 0.25) is 0 Å². The summed E-state index contributed by atoms with van der Waals surface area (Å²) < 4.78 is 133. The van der Waals surface area contributed by atoms with Crippen LogP contribution < -0.4 is 0 Å². The van der Waals surface area contributed by atoms with E-state index in [9.17, 15) is 26.3 Å². The molecule has 2 rings (SSSR count). The summed E-state index contributed by atoms with van der Waals surface area (Å²) in [5.41, 5.74) is -0.229. The van der Waals surface area contributed by atoms with Gasteiger partial charge < -0.3 is 0 Å². The second-order valence-electron chi connectivity index (χ2n) is 22.1. The zero-order chi connectivity index (χ0) is 69.2. The number of hydrogen-bond acceptors (Lipinski definition) is 0. The lowest BCUT2D eigenvalue weighted by Gasteiger charge is -2.15. The molecule has 2 aliphatic rings. The lowest BCUT2D eigenvalue weighted by molar-refractivity contribution is -0.144. The Labute approximate surface area is 514 Å². The molecule has 2 atom stereocenters. The molecule has 0 aromatic rings. The third kappa shape index (κ3) is 268. The van der Waals surface area contributed by atoms with Crippen molar-refractivity contribution >= 4 is 0 Å². The Bertz CT molecular complexity index is 1090. The van der Waals surface area contributed by atoms with Crippen LogP contribution in [-0.4, -0.2) is 12.4 Å². The van der Waals surface area contributed by atoms with Crippen LogP contribution in [0.4, 0.5) is 26.3 Å². The summed E-state index contributed by atoms with van der Waals surface area (Å²) in [5, 5.41) is 0. The monoisotopic (exact) mass is 1160 g/mol. The molecule has 502 valence electrons. The molecule has 2 saturated carbocycles. The average molecular weight is 1160 g/mol. The van der Waals surface area contributed by atoms with E-state index in [4.69, 9.17) is 12.3 Å². The molecule has 0 heterocycles. The summed E-state index contributed by atoms with van der Waals surface area (Å²) in [5.74, 6) is 1.01. The summed E-state index contributed by atoms with van der Waals surface area (Å²) >= 11 is 0. The Morgan fingerprint density at radius 1 is 0.449 bits per heavy atom. The quantitative estimate of drug-likeness (QED) is 0.191. The molecule has 2 unspecified atom stereocenters. The van der Waals surface area contributed by atoms with Crippen molar-refractivity contribution in [3.63, 3.8) is 0 Å². The molecule has 0 radical (unpaired) electrons. The van der Waals surface area contributed by atoms with Gasteiger partial charge in [0.25, 0.3) is 0 Å². The highest BCUT2D eigenvalue weighted by molar-refractivity contribution is 4.61. The first-order valence-electron chi connectivity index (χ1n) is 34.5. The Morgan fingerprint density at radius 2 is 0.641 bits per heavy atom. The molecule has 6 heteroatoms. The van der Waals surface area contributed by atoms with Crippen LogP contribution in [0.15, 0.2) is 0 Å². The van der Waals surface area contributed by atoms with Crippen molar-refractivity contribution in [1.82, 2.24) is 0 Å². The summed E-state index contributed by atoms with van der Waals surface area (Å²) in [4.78, 5) is 0. The first-order valence-corrected chi connectivity index (χ1v) is 30.0. The van der Waals surface area contributed by atoms with Gasteiger partial charge in [-0.2, -0.15) is 26.3 Å². The van der Waals surface area contributed by atoms with Crippen molar-refractivity contribution in [1.29, 1.82) is 0 Å². The molecule has 0 aromatic heterocycles. The van der Waals surface area contributed by atoms with E-state index in [-0.39, 0.29) is 78.0 Å². The standard InChI is InChI=1S/C7H14.2C6H11F3.C6H12.C6H14.3C5H12.4C4H10.C3H8.C2H6.5CH4/c1-7-5-3-2-4-6-7;2*1-3-5(2)4-6(7,8)9;1-6-4-2-3-5-6;1-5-6(2,3)4;2*1-4-5(2)3;1-3-5-4-2;2*1-4(2)3;2*1-3-4-2;1-3-2;1-2;;;;;/h7H,2-6H2,1H3;2*5H,3-4H2,1-2H3;6H,2-5H2,1H3;5H2,1-4H3;2*5H,4H2,1-3H3;3-5H2,1-2H3;2*4H,1-3H3;2*3-4H2,1-2H3;3H2,1-2H3;1-2H3;5*1H4/i7D;;;6D;5D2;4D2;;;4D;;3D2;;;;;;;;. The third-order valence-corrected chi connectivity index (χ3v) is 9.42. The van der Waals surface area contributed by atoms with Crippen LogP contribution in [-0.2, 0) is 0 Å². The van der Waals surface area contributed by atoms with Gasteiger partial charge in [-0.1, -0.05) is 400 Å². The lowest BCUT2D eigenvalue weighted by Crippen LogP contribution is -2.12. The number of rotatable bonds is 10. The fourth-order valence-corrected chi connectivity index (χ4v) is 3.57. The van der Waals surface area contributed by atoms with E-state index >= 15 is 0 Å². The zero-order valence-corrected chi connectivity index (χ0v) is 56.5. The minimum absolute atomic E-state index is 0. The molecule has 2 aliphatic carbocycles. The van der Waals surface area contributed by atoms with Gasteiger partial charge in [0.15, 0.2) is 0 Å². The topological polar surface area (TPSA) is 0 Å². The molecule has 0 spiro atoms. The van der Waals surface area contributed by atoms with Crippen LogP contribution in [0.1, 0.15) is 425 Å². The lowest BCUT2D eigenvalue weighted by atomic mass is 9.91. The minimum Gasteiger partial charge on any atom is -0.171 e. The molecule has 0 aliphatic heterocycles. The molecule has 78 heavy (non-hydrogen) atoms. The van der Waals surface area contributed by atoms with Crippen molar-refractivity contribution in [2.75, 3.05) is 0 Å². The molecular weight excluding hydrogens is 979 g/mol. The zero-order valence-electron chi connectivity index (χ0n) is 65.5. The van der Waals surface area contributed by atoms with Gasteiger partial charge in [-0.15, -0.1) is 0 Å². The van der Waals surface area contributed by atoms with Crippen molar-refractivity contribution in [3.8, 4) is 0 Å². The predicted octanol–water partition coefficient (Wildman–Crippen LogP) is 32.1. The molecule has 0 N–H and O–H groups in total. The molecule has 2 fully saturated rings. The molecular formula is C72H172F6. The number of halogens is 6. The summed E-state index contributed by atoms with van der Waals surface area (Å²) in [7, 11) is 0. The Kier molecular flexibility index (Phi) is 123. The Balaban J connectivity index is -0.0000000408. The Hall–Kier alpha value is -0.420. The largest absolute Gasteiger partial charge is 0.389 e. The number of unbranched alkanes of at least 4 members (excludes halogenated alkanes) is 3. The van der Waals surface area contributed by atoms with Crippen LogP contribution in [0.3, 0.4) is 0 Å². The van der Waals surface area contributed by atoms with Gasteiger partial charge in [0, 0.05) is 25.2 Å². The van der Waals surface area contributed by atoms with Crippen LogP contribution in [0.25, 0.3) is 0 Å². The van der Waals surface area contributed by atoms with E-state index in [0.29, 0.717) is 19.3 Å². The highest BCUT2D eigenvalue weighted by Crippen LogP contribution is 2.27. The van der Waals surface area contributed by atoms with E-state index in [1.807, 2.05) is 90.0 Å². The van der Waals surface area contributed by atoms with Gasteiger partial charge in [0.05, 0.1) is 0 Å². The normalized spacial score (nSPS) is 15.7. The second kappa shape index (κ2) is 102. The summed E-state index contributed by atoms with van der Waals surface area (Å²) in [6.45, 7) is 62.6. The second-order valence-corrected chi connectivity index (χ2v) is 22.1. The summed E-state index contributed by atoms with van der Waals surface area (Å²) in [6, 6.07) is 0. The van der Waals surface area contributed by atoms with E-state index < -0.39 is 44.3 Å². The SMILES string of the molecule is C.C.C.C.C.CC.CC(C)C.CCC.CCC(C)C.CCC(C)CC(F)(F)F.CCC(C)CC(F)(F)F.CCCC.CCCCC.[2H]C(C)(C)C.[2H]C([2H])(C)C(C)(C)C.[2H]C([2H])(C)C(C)C.[2H]C([2H])(C)CC.[2H]C1(C)CCCC1.[2H]C1(C)CCCCC1. The van der Waals surface area contributed by atoms with E-state index in [2.05, 4.69) is 83.1 Å². The minimum atomic E-state index is -3.98. The van der Waals surface area contributed by atoms with Crippen molar-refractivity contribution < 1.29 is 38.7 Å². The maximum atomic E-state index is 11.5.